The summed E-state index contributed by atoms with van der Waals surface area (Å²) in [5, 5.41) is 0. The first kappa shape index (κ1) is 33.8. The molecule has 0 radical (unpaired) electrons. The Morgan fingerprint density at radius 3 is 2.38 bits per heavy atom. The van der Waals surface area contributed by atoms with Gasteiger partial charge in [0, 0.05) is 31.0 Å². The van der Waals surface area contributed by atoms with E-state index in [1.807, 2.05) is 50.5 Å². The molecule has 0 aliphatic carbocycles. The van der Waals surface area contributed by atoms with Gasteiger partial charge in [0.2, 0.25) is 11.8 Å². The summed E-state index contributed by atoms with van der Waals surface area (Å²) in [5.41, 5.74) is 4.07. The number of hydrogen-bond donors (Lipinski definition) is 1. The maximum atomic E-state index is 16.3. The van der Waals surface area contributed by atoms with E-state index in [1.54, 1.807) is 18.2 Å². The first-order valence-corrected chi connectivity index (χ1v) is 18.0. The molecule has 48 heavy (non-hydrogen) atoms. The van der Waals surface area contributed by atoms with Crippen LogP contribution in [0, 0.1) is 36.4 Å². The van der Waals surface area contributed by atoms with Gasteiger partial charge >= 0.3 is 0 Å². The third-order valence-corrected chi connectivity index (χ3v) is 10.7. The molecule has 2 atom stereocenters. The maximum absolute atomic E-state index is 16.3. The van der Waals surface area contributed by atoms with E-state index >= 15 is 4.39 Å². The Morgan fingerprint density at radius 1 is 1.04 bits per heavy atom. The molecule has 2 aliphatic heterocycles. The Kier molecular flexibility index (Phi) is 8.95. The van der Waals surface area contributed by atoms with Crippen LogP contribution in [0.3, 0.4) is 0 Å². The lowest BCUT2D eigenvalue weighted by molar-refractivity contribution is 0.161. The van der Waals surface area contributed by atoms with Gasteiger partial charge in [0.1, 0.15) is 11.5 Å². The number of aromatic nitrogens is 4. The summed E-state index contributed by atoms with van der Waals surface area (Å²) < 4.78 is 52.6. The maximum Gasteiger partial charge on any atom is 0.264 e. The van der Waals surface area contributed by atoms with Crippen molar-refractivity contribution in [3.05, 3.63) is 83.2 Å². The second kappa shape index (κ2) is 12.7. The van der Waals surface area contributed by atoms with Crippen LogP contribution in [0.1, 0.15) is 75.9 Å². The number of rotatable bonds is 5. The van der Waals surface area contributed by atoms with Gasteiger partial charge in [0.25, 0.3) is 15.9 Å². The number of fused-ring (bicyclic) bond motifs is 4. The second-order valence-electron chi connectivity index (χ2n) is 15.3. The SMILES string of the molecule is Cc1cccc(C)c1-c1nc2nc(c1F)OC[C@@H](CC(C)(C)C)C(Cc1ncc(N3CCC(C)(C)C3)cn1)c1cccc(c1)S(=O)(=O)N2. The van der Waals surface area contributed by atoms with Crippen LogP contribution in [0.5, 0.6) is 5.88 Å². The predicted molar refractivity (Wildman–Crippen MR) is 186 cm³/mol. The van der Waals surface area contributed by atoms with Gasteiger partial charge in [0.15, 0.2) is 0 Å². The van der Waals surface area contributed by atoms with Gasteiger partial charge in [0.05, 0.1) is 29.6 Å². The lowest BCUT2D eigenvalue weighted by Gasteiger charge is -2.33. The standard InChI is InChI=1S/C37H45FN6O3S/c1-23-10-8-11-24(2)31(23)33-32(38)34-42-35(41-33)43-48(45,46)28-13-9-12-25(16-28)29(26(21-47-34)18-36(3,4)5)17-30-39-19-27(20-40-30)44-15-14-37(6,7)22-44/h8-13,16,19-20,26,29H,14-15,17-18,21-22H2,1-7H3,(H,41,42,43)/t26-,29?/m1/s1. The average Bonchev–Trinajstić information content (AvgIpc) is 3.38. The summed E-state index contributed by atoms with van der Waals surface area (Å²) in [5.74, 6) is -1.05. The Hall–Kier alpha value is -4.12. The van der Waals surface area contributed by atoms with Crippen LogP contribution in [0.15, 0.2) is 59.8 Å². The highest BCUT2D eigenvalue weighted by atomic mass is 32.2. The molecule has 2 aliphatic rings. The topological polar surface area (TPSA) is 110 Å². The molecule has 254 valence electrons. The molecule has 11 heteroatoms. The van der Waals surface area contributed by atoms with E-state index in [-0.39, 0.29) is 51.7 Å². The first-order chi connectivity index (χ1) is 22.6. The quantitative estimate of drug-likeness (QED) is 0.232. The largest absolute Gasteiger partial charge is 0.475 e. The summed E-state index contributed by atoms with van der Waals surface area (Å²) >= 11 is 0. The van der Waals surface area contributed by atoms with Gasteiger partial charge in [-0.15, -0.1) is 0 Å². The Balaban J connectivity index is 1.43. The highest BCUT2D eigenvalue weighted by Gasteiger charge is 2.33. The molecule has 4 heterocycles. The molecule has 0 spiro atoms. The van der Waals surface area contributed by atoms with Gasteiger partial charge < -0.3 is 9.64 Å². The van der Waals surface area contributed by atoms with Crippen molar-refractivity contribution >= 4 is 21.7 Å². The molecule has 1 unspecified atom stereocenters. The van der Waals surface area contributed by atoms with E-state index in [4.69, 9.17) is 14.7 Å². The molecule has 0 saturated carbocycles. The molecule has 1 saturated heterocycles. The Morgan fingerprint density at radius 2 is 1.73 bits per heavy atom. The van der Waals surface area contributed by atoms with Crippen LogP contribution in [-0.2, 0) is 16.4 Å². The molecule has 4 aromatic rings. The fourth-order valence-electron chi connectivity index (χ4n) is 7.01. The van der Waals surface area contributed by atoms with Crippen LogP contribution in [0.2, 0.25) is 0 Å². The highest BCUT2D eigenvalue weighted by molar-refractivity contribution is 7.92. The normalized spacial score (nSPS) is 20.3. The van der Waals surface area contributed by atoms with Crippen molar-refractivity contribution in [3.8, 4) is 17.1 Å². The monoisotopic (exact) mass is 672 g/mol. The first-order valence-electron chi connectivity index (χ1n) is 16.5. The molecule has 2 aromatic heterocycles. The summed E-state index contributed by atoms with van der Waals surface area (Å²) in [7, 11) is -4.14. The molecular formula is C37H45FN6O3S. The summed E-state index contributed by atoms with van der Waals surface area (Å²) in [6, 6.07) is 12.5. The second-order valence-corrected chi connectivity index (χ2v) is 17.0. The van der Waals surface area contributed by atoms with Crippen LogP contribution in [0.25, 0.3) is 11.3 Å². The molecule has 9 nitrogen and oxygen atoms in total. The molecule has 1 N–H and O–H groups in total. The van der Waals surface area contributed by atoms with Crippen molar-refractivity contribution in [2.75, 3.05) is 29.3 Å². The molecule has 6 rings (SSSR count). The van der Waals surface area contributed by atoms with Crippen molar-refractivity contribution in [2.45, 2.75) is 78.5 Å². The molecular weight excluding hydrogens is 628 g/mol. The number of nitrogens with one attached hydrogen (secondary N) is 1. The predicted octanol–water partition coefficient (Wildman–Crippen LogP) is 7.50. The van der Waals surface area contributed by atoms with Gasteiger partial charge in [-0.05, 0) is 72.3 Å². The zero-order chi connectivity index (χ0) is 34.4. The smallest absolute Gasteiger partial charge is 0.264 e. The Labute approximate surface area is 283 Å². The zero-order valence-corrected chi connectivity index (χ0v) is 29.7. The van der Waals surface area contributed by atoms with E-state index in [1.165, 1.54) is 0 Å². The average molecular weight is 673 g/mol. The van der Waals surface area contributed by atoms with E-state index in [0.29, 0.717) is 24.2 Å². The van der Waals surface area contributed by atoms with Crippen LogP contribution >= 0.6 is 0 Å². The summed E-state index contributed by atoms with van der Waals surface area (Å²) in [4.78, 5) is 20.6. The van der Waals surface area contributed by atoms with E-state index in [2.05, 4.69) is 54.2 Å². The van der Waals surface area contributed by atoms with Gasteiger partial charge in [-0.1, -0.05) is 65.0 Å². The summed E-state index contributed by atoms with van der Waals surface area (Å²) in [6.45, 7) is 16.8. The number of nitrogens with zero attached hydrogens (tertiary/aromatic N) is 5. The van der Waals surface area contributed by atoms with Crippen LogP contribution in [-0.4, -0.2) is 48.1 Å². The number of anilines is 2. The van der Waals surface area contributed by atoms with Crippen LogP contribution in [0.4, 0.5) is 16.0 Å². The fraction of sp³-hybridized carbons (Fsp3) is 0.459. The molecule has 4 bridgehead atoms. The summed E-state index contributed by atoms with van der Waals surface area (Å²) in [6.07, 6.45) is 6.02. The molecule has 1 fully saturated rings. The minimum absolute atomic E-state index is 0.0158. The van der Waals surface area contributed by atoms with Crippen molar-refractivity contribution in [1.82, 2.24) is 19.9 Å². The number of sulfonamides is 1. The van der Waals surface area contributed by atoms with Crippen LogP contribution < -0.4 is 14.4 Å². The van der Waals surface area contributed by atoms with Gasteiger partial charge in [-0.25, -0.2) is 28.1 Å². The third-order valence-electron chi connectivity index (χ3n) is 9.38. The van der Waals surface area contributed by atoms with Crippen molar-refractivity contribution < 1.29 is 17.5 Å². The number of aryl methyl sites for hydroxylation is 2. The number of ether oxygens (including phenoxy) is 1. The fourth-order valence-corrected chi connectivity index (χ4v) is 8.00. The van der Waals surface area contributed by atoms with E-state index in [9.17, 15) is 8.42 Å². The number of hydrogen-bond acceptors (Lipinski definition) is 8. The molecule has 2 aromatic carbocycles. The van der Waals surface area contributed by atoms with Crippen molar-refractivity contribution in [2.24, 2.45) is 16.7 Å². The Bertz CT molecular complexity index is 1900. The van der Waals surface area contributed by atoms with E-state index in [0.717, 1.165) is 41.9 Å². The number of halogens is 1. The van der Waals surface area contributed by atoms with Crippen molar-refractivity contribution in [1.29, 1.82) is 0 Å². The lowest BCUT2D eigenvalue weighted by Crippen LogP contribution is -2.29. The van der Waals surface area contributed by atoms with Gasteiger partial charge in [-0.3, -0.25) is 0 Å². The minimum atomic E-state index is -4.14. The van der Waals surface area contributed by atoms with Gasteiger partial charge in [-0.2, -0.15) is 9.37 Å². The third kappa shape index (κ3) is 7.31. The number of benzene rings is 2. The van der Waals surface area contributed by atoms with E-state index < -0.39 is 15.8 Å². The molecule has 0 amide bonds. The highest BCUT2D eigenvalue weighted by Crippen LogP contribution is 2.40. The zero-order valence-electron chi connectivity index (χ0n) is 28.8. The lowest BCUT2D eigenvalue weighted by atomic mass is 9.75. The van der Waals surface area contributed by atoms with Crippen molar-refractivity contribution in [3.63, 3.8) is 0 Å². The minimum Gasteiger partial charge on any atom is -0.475 e.